The number of carbonyl (C=O) groups is 4. The molecule has 2 saturated heterocycles. The average molecular weight is 1270 g/mol. The van der Waals surface area contributed by atoms with Gasteiger partial charge in [-0.15, -0.1) is 0 Å². The number of anilines is 2. The Morgan fingerprint density at radius 2 is 0.935 bits per heavy atom. The first-order valence-corrected chi connectivity index (χ1v) is 30.3. The molecule has 4 fully saturated rings. The standard InChI is InChI=1S/2C33H35F3N6O4/c2*1-19-17-40(27(18-43)23-5-4-6-24(15-23)38-31(44)22-7-8-22)13-14-41(19)32(45)26-16-37-42-29(33(34,35)36)20(2)28(39-30(26)42)21-9-11-25(46-3)12-10-21/h2*4-6,9-12,15-16,19,22,27,43H,7-8,13-14,17-18H2,1-3H3,(H,38,44)/t19-,27+;19-,27-/m11/s1. The Morgan fingerprint density at radius 3 is 1.25 bits per heavy atom. The molecule has 4 aromatic carbocycles. The number of carbonyl (C=O) groups excluding carboxylic acids is 4. The van der Waals surface area contributed by atoms with Gasteiger partial charge in [-0.05, 0) is 137 Å². The number of hydrogen-bond acceptors (Lipinski definition) is 14. The van der Waals surface area contributed by atoms with Crippen molar-refractivity contribution >= 4 is 46.3 Å². The van der Waals surface area contributed by atoms with Crippen molar-refractivity contribution in [3.63, 3.8) is 0 Å². The lowest BCUT2D eigenvalue weighted by Crippen LogP contribution is -2.55. The van der Waals surface area contributed by atoms with Crippen LogP contribution in [0.5, 0.6) is 11.5 Å². The minimum Gasteiger partial charge on any atom is -0.497 e. The maximum atomic E-state index is 14.4. The summed E-state index contributed by atoms with van der Waals surface area (Å²) in [6, 6.07) is 26.4. The van der Waals surface area contributed by atoms with Crippen molar-refractivity contribution in [2.24, 2.45) is 11.8 Å². The summed E-state index contributed by atoms with van der Waals surface area (Å²) in [6.07, 6.45) is -3.64. The van der Waals surface area contributed by atoms with Crippen molar-refractivity contribution in [3.05, 3.63) is 154 Å². The monoisotopic (exact) mass is 1270 g/mol. The van der Waals surface area contributed by atoms with Crippen molar-refractivity contribution in [3.8, 4) is 34.0 Å². The van der Waals surface area contributed by atoms with Crippen LogP contribution >= 0.6 is 0 Å². The molecule has 4 aliphatic rings. The van der Waals surface area contributed by atoms with E-state index in [9.17, 15) is 55.7 Å². The minimum atomic E-state index is -4.75. The number of aliphatic hydroxyl groups excluding tert-OH is 2. The molecule has 6 heterocycles. The Labute approximate surface area is 525 Å². The van der Waals surface area contributed by atoms with Crippen molar-refractivity contribution in [1.82, 2.24) is 48.8 Å². The molecule has 4 atom stereocenters. The molecule has 20 nitrogen and oxygen atoms in total. The van der Waals surface area contributed by atoms with Crippen LogP contribution in [0.1, 0.15) is 106 Å². The number of piperazine rings is 2. The van der Waals surface area contributed by atoms with E-state index in [0.29, 0.717) is 69.2 Å². The number of benzene rings is 4. The number of amides is 4. The Bertz CT molecular complexity index is 3800. The SMILES string of the molecule is COc1ccc(-c2nc3c(C(=O)N4CCN([C@@H](CO)c5cccc(NC(=O)C6CC6)c5)C[C@H]4C)cnn3c(C(F)(F)F)c2C)cc1.COc1ccc(-c2nc3c(C(=O)N4CCN([C@H](CO)c5cccc(NC(=O)C6CC6)c5)C[C@H]4C)cnn3c(C(F)(F)F)c2C)cc1. The van der Waals surface area contributed by atoms with E-state index >= 15 is 0 Å². The number of fused-ring (bicyclic) bond motifs is 2. The summed E-state index contributed by atoms with van der Waals surface area (Å²) in [5.74, 6) is 0.251. The molecule has 0 unspecified atom stereocenters. The molecule has 2 aliphatic heterocycles. The van der Waals surface area contributed by atoms with E-state index in [1.54, 1.807) is 58.3 Å². The highest BCUT2D eigenvalue weighted by atomic mass is 19.4. The second kappa shape index (κ2) is 26.3. The predicted molar refractivity (Wildman–Crippen MR) is 329 cm³/mol. The quantitative estimate of drug-likeness (QED) is 0.0661. The molecule has 4 amide bonds. The highest BCUT2D eigenvalue weighted by Gasteiger charge is 2.42. The zero-order valence-electron chi connectivity index (χ0n) is 51.4. The number of nitrogens with zero attached hydrogens (tertiary/aromatic N) is 10. The largest absolute Gasteiger partial charge is 0.497 e. The van der Waals surface area contributed by atoms with E-state index < -0.39 is 35.6 Å². The van der Waals surface area contributed by atoms with Crippen molar-refractivity contribution in [1.29, 1.82) is 0 Å². The second-order valence-electron chi connectivity index (χ2n) is 23.8. The lowest BCUT2D eigenvalue weighted by atomic mass is 10.0. The summed E-state index contributed by atoms with van der Waals surface area (Å²) < 4.78 is 98.1. The van der Waals surface area contributed by atoms with Crippen molar-refractivity contribution < 1.29 is 65.2 Å². The Kier molecular flexibility index (Phi) is 18.5. The molecule has 0 bridgehead atoms. The van der Waals surface area contributed by atoms with Crippen molar-refractivity contribution in [2.45, 2.75) is 89.9 Å². The highest BCUT2D eigenvalue weighted by molar-refractivity contribution is 6.01. The van der Waals surface area contributed by atoms with Crippen LogP contribution in [0.2, 0.25) is 0 Å². The third-order valence-electron chi connectivity index (χ3n) is 17.5. The minimum absolute atomic E-state index is 0.00531. The molecule has 0 spiro atoms. The number of methoxy groups -OCH3 is 2. The number of aromatic nitrogens is 6. The van der Waals surface area contributed by atoms with E-state index in [0.717, 1.165) is 49.2 Å². The van der Waals surface area contributed by atoms with Gasteiger partial charge >= 0.3 is 12.4 Å². The third kappa shape index (κ3) is 13.4. The van der Waals surface area contributed by atoms with Crippen LogP contribution in [0.15, 0.2) is 109 Å². The molecule has 4 aromatic heterocycles. The van der Waals surface area contributed by atoms with Gasteiger partial charge in [0.1, 0.15) is 22.6 Å². The van der Waals surface area contributed by atoms with Gasteiger partial charge in [0.05, 0.1) is 63.3 Å². The third-order valence-corrected chi connectivity index (χ3v) is 17.5. The Balaban J connectivity index is 0.000000188. The summed E-state index contributed by atoms with van der Waals surface area (Å²) in [5.41, 5.74) is 1.43. The normalized spacial score (nSPS) is 18.1. The summed E-state index contributed by atoms with van der Waals surface area (Å²) in [4.78, 5) is 68.8. The van der Waals surface area contributed by atoms with Crippen LogP contribution in [0.4, 0.5) is 37.7 Å². The van der Waals surface area contributed by atoms with E-state index in [2.05, 4.69) is 40.6 Å². The van der Waals surface area contributed by atoms with Gasteiger partial charge in [0.2, 0.25) is 11.8 Å². The second-order valence-corrected chi connectivity index (χ2v) is 23.8. The van der Waals surface area contributed by atoms with Crippen LogP contribution in [-0.4, -0.2) is 161 Å². The average Bonchev–Trinajstić information content (AvgIpc) is 1.50. The van der Waals surface area contributed by atoms with Crippen LogP contribution in [0.25, 0.3) is 33.8 Å². The number of nitrogens with one attached hydrogen (secondary N) is 2. The predicted octanol–water partition coefficient (Wildman–Crippen LogP) is 9.92. The number of halogens is 6. The molecular formula is C66H70F6N12O8. The van der Waals surface area contributed by atoms with E-state index in [-0.39, 0.29) is 119 Å². The summed E-state index contributed by atoms with van der Waals surface area (Å²) >= 11 is 0. The zero-order valence-corrected chi connectivity index (χ0v) is 51.4. The molecule has 4 N–H and O–H groups in total. The van der Waals surface area contributed by atoms with E-state index in [4.69, 9.17) is 9.47 Å². The molecule has 26 heteroatoms. The van der Waals surface area contributed by atoms with Gasteiger partial charge in [0.15, 0.2) is 22.7 Å². The lowest BCUT2D eigenvalue weighted by Gasteiger charge is -2.43. The van der Waals surface area contributed by atoms with Gasteiger partial charge in [0.25, 0.3) is 11.8 Å². The number of rotatable bonds is 16. The fraction of sp³-hybridized carbons (Fsp3) is 0.394. The Hall–Kier alpha value is -8.98. The Morgan fingerprint density at radius 1 is 0.565 bits per heavy atom. The van der Waals surface area contributed by atoms with Gasteiger partial charge in [-0.2, -0.15) is 36.5 Å². The first-order valence-electron chi connectivity index (χ1n) is 30.3. The molecular weight excluding hydrogens is 1200 g/mol. The molecule has 0 radical (unpaired) electrons. The van der Waals surface area contributed by atoms with Gasteiger partial charge in [-0.25, -0.2) is 19.0 Å². The summed E-state index contributed by atoms with van der Waals surface area (Å²) in [7, 11) is 2.99. The van der Waals surface area contributed by atoms with E-state index in [1.165, 1.54) is 28.1 Å². The van der Waals surface area contributed by atoms with Crippen LogP contribution in [0.3, 0.4) is 0 Å². The smallest absolute Gasteiger partial charge is 0.433 e. The summed E-state index contributed by atoms with van der Waals surface area (Å²) in [5, 5.41) is 34.6. The summed E-state index contributed by atoms with van der Waals surface area (Å²) in [6.45, 7) is 8.24. The molecule has 2 aliphatic carbocycles. The number of alkyl halides is 6. The molecule has 2 saturated carbocycles. The van der Waals surface area contributed by atoms with Gasteiger partial charge < -0.3 is 40.1 Å². The van der Waals surface area contributed by atoms with Crippen LogP contribution in [0, 0.1) is 25.7 Å². The molecule has 8 aromatic rings. The van der Waals surface area contributed by atoms with Crippen molar-refractivity contribution in [2.75, 3.05) is 77.3 Å². The molecule has 92 heavy (non-hydrogen) atoms. The first-order chi connectivity index (χ1) is 44.0. The number of ether oxygens (including phenoxy) is 2. The topological polar surface area (TPSA) is 225 Å². The van der Waals surface area contributed by atoms with Gasteiger partial charge in [-0.3, -0.25) is 29.0 Å². The highest BCUT2D eigenvalue weighted by Crippen LogP contribution is 2.40. The number of aliphatic hydroxyl groups is 2. The zero-order chi connectivity index (χ0) is 65.5. The molecule has 12 rings (SSSR count). The van der Waals surface area contributed by atoms with Gasteiger partial charge in [-0.1, -0.05) is 24.3 Å². The fourth-order valence-electron chi connectivity index (χ4n) is 12.3. The van der Waals surface area contributed by atoms with Crippen LogP contribution in [-0.2, 0) is 21.9 Å². The molecule has 484 valence electrons. The van der Waals surface area contributed by atoms with Crippen LogP contribution < -0.4 is 20.1 Å². The van der Waals surface area contributed by atoms with E-state index in [1.807, 2.05) is 62.4 Å². The first kappa shape index (κ1) is 64.5. The van der Waals surface area contributed by atoms with Gasteiger partial charge in [0, 0.05) is 96.8 Å². The number of hydrogen-bond donors (Lipinski definition) is 4. The fourth-order valence-corrected chi connectivity index (χ4v) is 12.3. The lowest BCUT2D eigenvalue weighted by molar-refractivity contribution is -0.144. The maximum Gasteiger partial charge on any atom is 0.433 e. The maximum absolute atomic E-state index is 14.4.